The third kappa shape index (κ3) is 3.58. The van der Waals surface area contributed by atoms with Gasteiger partial charge in [0, 0.05) is 18.9 Å². The Labute approximate surface area is 103 Å². The summed E-state index contributed by atoms with van der Waals surface area (Å²) in [7, 11) is 0. The second-order valence-corrected chi connectivity index (χ2v) is 4.86. The molecule has 1 aliphatic heterocycles. The van der Waals surface area contributed by atoms with Gasteiger partial charge in [-0.15, -0.1) is 0 Å². The van der Waals surface area contributed by atoms with Gasteiger partial charge in [-0.05, 0) is 37.8 Å². The van der Waals surface area contributed by atoms with E-state index in [0.717, 1.165) is 32.1 Å². The van der Waals surface area contributed by atoms with Crippen molar-refractivity contribution in [2.45, 2.75) is 32.1 Å². The van der Waals surface area contributed by atoms with E-state index in [4.69, 9.17) is 0 Å². The van der Waals surface area contributed by atoms with E-state index < -0.39 is 0 Å². The average Bonchev–Trinajstić information content (AvgIpc) is 2.59. The number of unbranched alkanes of at least 4 members (excludes halogenated alkanes) is 2. The summed E-state index contributed by atoms with van der Waals surface area (Å²) < 4.78 is 0. The lowest BCUT2D eigenvalue weighted by atomic mass is 9.83. The average molecular weight is 231 g/mol. The molecule has 1 aliphatic carbocycles. The van der Waals surface area contributed by atoms with Crippen LogP contribution in [0.1, 0.15) is 32.1 Å². The van der Waals surface area contributed by atoms with Crippen LogP contribution in [0.5, 0.6) is 0 Å². The van der Waals surface area contributed by atoms with Crippen LogP contribution in [-0.4, -0.2) is 12.8 Å². The lowest BCUT2D eigenvalue weighted by Crippen LogP contribution is -2.14. The van der Waals surface area contributed by atoms with Crippen molar-refractivity contribution in [2.24, 2.45) is 11.8 Å². The first-order valence-electron chi connectivity index (χ1n) is 6.63. The normalized spacial score (nSPS) is 26.7. The molecule has 2 aliphatic rings. The Morgan fingerprint density at radius 3 is 3.18 bits per heavy atom. The molecule has 2 nitrogen and oxygen atoms in total. The first-order valence-corrected chi connectivity index (χ1v) is 6.63. The second-order valence-electron chi connectivity index (χ2n) is 4.86. The van der Waals surface area contributed by atoms with E-state index in [9.17, 15) is 4.79 Å². The van der Waals surface area contributed by atoms with Crippen molar-refractivity contribution in [3.05, 3.63) is 36.1 Å². The Hall–Kier alpha value is -1.31. The molecule has 0 aromatic heterocycles. The predicted molar refractivity (Wildman–Crippen MR) is 70.5 cm³/mol. The smallest absolute Gasteiger partial charge is 0.119 e. The van der Waals surface area contributed by atoms with Gasteiger partial charge in [0.1, 0.15) is 6.29 Å². The van der Waals surface area contributed by atoms with Crippen LogP contribution in [0.2, 0.25) is 0 Å². The van der Waals surface area contributed by atoms with Crippen LogP contribution in [-0.2, 0) is 4.79 Å². The van der Waals surface area contributed by atoms with Crippen molar-refractivity contribution in [3.8, 4) is 0 Å². The van der Waals surface area contributed by atoms with Crippen LogP contribution in [0.4, 0.5) is 0 Å². The Balaban J connectivity index is 1.87. The summed E-state index contributed by atoms with van der Waals surface area (Å²) in [6.07, 6.45) is 17.6. The van der Waals surface area contributed by atoms with Gasteiger partial charge in [0.2, 0.25) is 0 Å². The molecule has 17 heavy (non-hydrogen) atoms. The van der Waals surface area contributed by atoms with Gasteiger partial charge in [0.05, 0.1) is 0 Å². The molecule has 92 valence electrons. The highest BCUT2D eigenvalue weighted by Gasteiger charge is 2.19. The summed E-state index contributed by atoms with van der Waals surface area (Å²) in [4.78, 5) is 10.2. The highest BCUT2D eigenvalue weighted by Crippen LogP contribution is 2.29. The molecule has 1 N–H and O–H groups in total. The minimum atomic E-state index is 0.566. The summed E-state index contributed by atoms with van der Waals surface area (Å²) in [6.45, 7) is 1.07. The van der Waals surface area contributed by atoms with E-state index in [1.807, 2.05) is 0 Å². The van der Waals surface area contributed by atoms with Crippen molar-refractivity contribution in [1.82, 2.24) is 5.32 Å². The number of hydrogen-bond donors (Lipinski definition) is 1. The fourth-order valence-corrected chi connectivity index (χ4v) is 2.52. The number of allylic oxidation sites excluding steroid dienone is 5. The summed E-state index contributed by atoms with van der Waals surface area (Å²) in [5, 5.41) is 3.30. The summed E-state index contributed by atoms with van der Waals surface area (Å²) >= 11 is 0. The number of carbonyl (C=O) groups is 1. The third-order valence-electron chi connectivity index (χ3n) is 3.55. The van der Waals surface area contributed by atoms with E-state index in [0.29, 0.717) is 18.3 Å². The van der Waals surface area contributed by atoms with Crippen molar-refractivity contribution in [2.75, 3.05) is 6.54 Å². The van der Waals surface area contributed by atoms with Gasteiger partial charge in [-0.2, -0.15) is 0 Å². The molecule has 0 radical (unpaired) electrons. The fourth-order valence-electron chi connectivity index (χ4n) is 2.52. The van der Waals surface area contributed by atoms with Crippen LogP contribution < -0.4 is 5.32 Å². The first kappa shape index (κ1) is 12.2. The Bertz CT molecular complexity index is 341. The molecule has 0 aromatic carbocycles. The maximum Gasteiger partial charge on any atom is 0.119 e. The van der Waals surface area contributed by atoms with Gasteiger partial charge >= 0.3 is 0 Å². The van der Waals surface area contributed by atoms with Gasteiger partial charge in [0.15, 0.2) is 0 Å². The van der Waals surface area contributed by atoms with Gasteiger partial charge in [0.25, 0.3) is 0 Å². The van der Waals surface area contributed by atoms with Crippen LogP contribution in [0.3, 0.4) is 0 Å². The number of rotatable bonds is 5. The Morgan fingerprint density at radius 1 is 1.35 bits per heavy atom. The maximum absolute atomic E-state index is 10.2. The number of fused-ring (bicyclic) bond motifs is 1. The zero-order valence-electron chi connectivity index (χ0n) is 10.3. The molecule has 2 unspecified atom stereocenters. The van der Waals surface area contributed by atoms with Gasteiger partial charge in [-0.3, -0.25) is 0 Å². The predicted octanol–water partition coefficient (Wildman–Crippen LogP) is 2.98. The molecule has 0 spiro atoms. The van der Waals surface area contributed by atoms with Crippen LogP contribution >= 0.6 is 0 Å². The number of aldehydes is 1. The largest absolute Gasteiger partial charge is 0.391 e. The van der Waals surface area contributed by atoms with Crippen LogP contribution in [0, 0.1) is 11.8 Å². The summed E-state index contributed by atoms with van der Waals surface area (Å²) in [6, 6.07) is 0. The minimum absolute atomic E-state index is 0.566. The van der Waals surface area contributed by atoms with Crippen molar-refractivity contribution in [1.29, 1.82) is 0 Å². The van der Waals surface area contributed by atoms with Crippen LogP contribution in [0.25, 0.3) is 0 Å². The van der Waals surface area contributed by atoms with Crippen LogP contribution in [0.15, 0.2) is 36.1 Å². The zero-order valence-corrected chi connectivity index (χ0v) is 10.3. The molecule has 2 heteroatoms. The third-order valence-corrected chi connectivity index (χ3v) is 3.55. The van der Waals surface area contributed by atoms with E-state index in [1.54, 1.807) is 0 Å². The van der Waals surface area contributed by atoms with Gasteiger partial charge in [-0.25, -0.2) is 0 Å². The van der Waals surface area contributed by atoms with E-state index in [-0.39, 0.29) is 0 Å². The van der Waals surface area contributed by atoms with E-state index >= 15 is 0 Å². The Morgan fingerprint density at radius 2 is 2.29 bits per heavy atom. The Kier molecular flexibility index (Phi) is 4.60. The molecule has 1 heterocycles. The van der Waals surface area contributed by atoms with Crippen molar-refractivity contribution in [3.63, 3.8) is 0 Å². The monoisotopic (exact) mass is 231 g/mol. The summed E-state index contributed by atoms with van der Waals surface area (Å²) in [5.74, 6) is 1.23. The second kappa shape index (κ2) is 6.43. The molecular formula is C15H21NO. The standard InChI is InChI=1S/C15H21NO/c17-11-3-1-2-4-13-5-6-14-7-9-16-10-8-15(14)12-13/h5-6,8,10-12,14-16H,1-4,7,9H2. The molecule has 0 bridgehead atoms. The minimum Gasteiger partial charge on any atom is -0.391 e. The van der Waals surface area contributed by atoms with E-state index in [2.05, 4.69) is 35.8 Å². The molecule has 2 atom stereocenters. The van der Waals surface area contributed by atoms with Crippen molar-refractivity contribution >= 4 is 6.29 Å². The SMILES string of the molecule is O=CCCCCC1=CC2C=CNCCC2C=C1. The highest BCUT2D eigenvalue weighted by molar-refractivity contribution is 5.48. The highest BCUT2D eigenvalue weighted by atomic mass is 16.1. The van der Waals surface area contributed by atoms with Gasteiger partial charge < -0.3 is 10.1 Å². The fraction of sp³-hybridized carbons (Fsp3) is 0.533. The quantitative estimate of drug-likeness (QED) is 0.582. The number of hydrogen-bond acceptors (Lipinski definition) is 2. The summed E-state index contributed by atoms with van der Waals surface area (Å²) in [5.41, 5.74) is 1.43. The topological polar surface area (TPSA) is 29.1 Å². The molecule has 0 aromatic rings. The molecule has 0 saturated carbocycles. The molecule has 0 fully saturated rings. The molecule has 2 rings (SSSR count). The molecule has 0 amide bonds. The van der Waals surface area contributed by atoms with E-state index in [1.165, 1.54) is 12.0 Å². The number of nitrogens with one attached hydrogen (secondary N) is 1. The molecular weight excluding hydrogens is 210 g/mol. The zero-order chi connectivity index (χ0) is 11.9. The number of carbonyl (C=O) groups excluding carboxylic acids is 1. The first-order chi connectivity index (χ1) is 8.40. The lowest BCUT2D eigenvalue weighted by Gasteiger charge is -2.22. The van der Waals surface area contributed by atoms with Gasteiger partial charge in [-0.1, -0.05) is 29.9 Å². The maximum atomic E-state index is 10.2. The van der Waals surface area contributed by atoms with Crippen molar-refractivity contribution < 1.29 is 4.79 Å². The lowest BCUT2D eigenvalue weighted by molar-refractivity contribution is -0.107. The molecule has 0 saturated heterocycles.